The Morgan fingerprint density at radius 2 is 2.11 bits per heavy atom. The first kappa shape index (κ1) is 18.1. The molecule has 2 saturated heterocycles. The van der Waals surface area contributed by atoms with Crippen molar-refractivity contribution >= 4 is 0 Å². The number of likely N-dealkylation sites (tertiary alicyclic amines) is 2. The first-order valence-electron chi connectivity index (χ1n) is 10.5. The molecule has 3 aliphatic rings. The summed E-state index contributed by atoms with van der Waals surface area (Å²) in [6.07, 6.45) is 7.63. The third kappa shape index (κ3) is 3.43. The largest absolute Gasteiger partial charge is 0.493 e. The van der Waals surface area contributed by atoms with Gasteiger partial charge in [0.15, 0.2) is 0 Å². The molecule has 5 heteroatoms. The highest BCUT2D eigenvalue weighted by Crippen LogP contribution is 2.39. The molecule has 0 amide bonds. The molecule has 5 nitrogen and oxygen atoms in total. The number of piperidine rings is 1. The van der Waals surface area contributed by atoms with E-state index in [1.54, 1.807) is 0 Å². The maximum atomic E-state index is 5.72. The van der Waals surface area contributed by atoms with Crippen molar-refractivity contribution in [2.75, 3.05) is 33.4 Å². The molecule has 1 aromatic carbocycles. The number of fused-ring (bicyclic) bond motifs is 1. The topological polar surface area (TPSA) is 37.8 Å². The summed E-state index contributed by atoms with van der Waals surface area (Å²) in [6.45, 7) is 5.23. The van der Waals surface area contributed by atoms with Crippen LogP contribution in [0.25, 0.3) is 0 Å². The van der Waals surface area contributed by atoms with Gasteiger partial charge in [0.1, 0.15) is 5.75 Å². The van der Waals surface area contributed by atoms with E-state index in [2.05, 4.69) is 39.0 Å². The van der Waals surface area contributed by atoms with Crippen LogP contribution in [0, 0.1) is 0 Å². The Kier molecular flexibility index (Phi) is 5.05. The number of benzene rings is 1. The number of hydrogen-bond donors (Lipinski definition) is 0. The zero-order valence-corrected chi connectivity index (χ0v) is 16.6. The van der Waals surface area contributed by atoms with Crippen molar-refractivity contribution in [1.82, 2.24) is 14.8 Å². The van der Waals surface area contributed by atoms with Crippen molar-refractivity contribution in [1.29, 1.82) is 0 Å². The van der Waals surface area contributed by atoms with E-state index in [1.165, 1.54) is 29.5 Å². The molecule has 5 rings (SSSR count). The van der Waals surface area contributed by atoms with Gasteiger partial charge >= 0.3 is 0 Å². The van der Waals surface area contributed by atoms with Crippen LogP contribution in [0.3, 0.4) is 0 Å². The number of ether oxygens (including phenoxy) is 2. The summed E-state index contributed by atoms with van der Waals surface area (Å²) in [5.74, 6) is 1.08. The van der Waals surface area contributed by atoms with Crippen LogP contribution in [0.2, 0.25) is 0 Å². The van der Waals surface area contributed by atoms with Crippen molar-refractivity contribution in [3.05, 3.63) is 59.4 Å². The lowest BCUT2D eigenvalue weighted by Gasteiger charge is -2.53. The number of rotatable bonds is 5. The first-order chi connectivity index (χ1) is 13.8. The molecule has 2 atom stereocenters. The van der Waals surface area contributed by atoms with Gasteiger partial charge in [-0.15, -0.1) is 0 Å². The molecule has 148 valence electrons. The molecule has 2 unspecified atom stereocenters. The van der Waals surface area contributed by atoms with E-state index in [-0.39, 0.29) is 6.10 Å². The van der Waals surface area contributed by atoms with Crippen molar-refractivity contribution in [2.24, 2.45) is 0 Å². The molecule has 0 saturated carbocycles. The Labute approximate surface area is 167 Å². The molecule has 0 spiro atoms. The average molecular weight is 380 g/mol. The fourth-order valence-corrected chi connectivity index (χ4v) is 5.04. The Morgan fingerprint density at radius 1 is 1.21 bits per heavy atom. The van der Waals surface area contributed by atoms with E-state index in [4.69, 9.17) is 9.47 Å². The molecule has 1 aromatic heterocycles. The fourth-order valence-electron chi connectivity index (χ4n) is 5.04. The van der Waals surface area contributed by atoms with Crippen LogP contribution in [0.4, 0.5) is 0 Å². The minimum absolute atomic E-state index is 0.288. The zero-order valence-electron chi connectivity index (χ0n) is 16.6. The third-order valence-corrected chi connectivity index (χ3v) is 6.62. The number of hydrogen-bond acceptors (Lipinski definition) is 5. The van der Waals surface area contributed by atoms with Gasteiger partial charge in [-0.25, -0.2) is 0 Å². The van der Waals surface area contributed by atoms with Gasteiger partial charge in [-0.2, -0.15) is 0 Å². The Balaban J connectivity index is 1.19. The maximum Gasteiger partial charge on any atom is 0.122 e. The van der Waals surface area contributed by atoms with Gasteiger partial charge in [0.05, 0.1) is 18.8 Å². The second-order valence-electron chi connectivity index (χ2n) is 8.25. The van der Waals surface area contributed by atoms with Crippen LogP contribution in [0.15, 0.2) is 42.7 Å². The van der Waals surface area contributed by atoms with Crippen molar-refractivity contribution in [3.63, 3.8) is 0 Å². The van der Waals surface area contributed by atoms with Gasteiger partial charge in [-0.3, -0.25) is 14.8 Å². The molecular weight excluding hydrogens is 350 g/mol. The summed E-state index contributed by atoms with van der Waals surface area (Å²) in [7, 11) is 1.83. The van der Waals surface area contributed by atoms with E-state index in [9.17, 15) is 0 Å². The van der Waals surface area contributed by atoms with Crippen LogP contribution < -0.4 is 4.74 Å². The van der Waals surface area contributed by atoms with Crippen LogP contribution in [-0.2, 0) is 17.7 Å². The monoisotopic (exact) mass is 379 g/mol. The van der Waals surface area contributed by atoms with Gasteiger partial charge in [0.25, 0.3) is 0 Å². The summed E-state index contributed by atoms with van der Waals surface area (Å²) in [5, 5.41) is 0. The third-order valence-electron chi connectivity index (χ3n) is 6.62. The maximum absolute atomic E-state index is 5.72. The van der Waals surface area contributed by atoms with Crippen LogP contribution in [-0.4, -0.2) is 60.3 Å². The van der Waals surface area contributed by atoms with E-state index in [1.807, 2.05) is 25.6 Å². The molecule has 3 aliphatic heterocycles. The Morgan fingerprint density at radius 3 is 2.89 bits per heavy atom. The van der Waals surface area contributed by atoms with E-state index in [0.29, 0.717) is 12.1 Å². The lowest BCUT2D eigenvalue weighted by Crippen LogP contribution is -2.60. The molecule has 0 N–H and O–H groups in total. The summed E-state index contributed by atoms with van der Waals surface area (Å²) in [6, 6.07) is 11.9. The number of aromatic nitrogens is 1. The number of nitrogens with zero attached hydrogens (tertiary/aromatic N) is 3. The van der Waals surface area contributed by atoms with E-state index in [0.717, 1.165) is 45.0 Å². The highest BCUT2D eigenvalue weighted by Gasteiger charge is 2.44. The summed E-state index contributed by atoms with van der Waals surface area (Å²) >= 11 is 0. The molecule has 2 fully saturated rings. The second kappa shape index (κ2) is 7.82. The Bertz CT molecular complexity index is 805. The van der Waals surface area contributed by atoms with Gasteiger partial charge in [0.2, 0.25) is 0 Å². The standard InChI is InChI=1S/C23H29N3O2/c1-27-22-16-26(23(22)19-3-2-9-24-14-19)20-6-10-25(11-7-20)15-17-4-5-21-18(13-17)8-12-28-21/h2-5,9,13-14,20,22-23H,6-8,10-12,15-16H2,1H3. The Hall–Kier alpha value is -1.95. The summed E-state index contributed by atoms with van der Waals surface area (Å²) in [4.78, 5) is 9.55. The smallest absolute Gasteiger partial charge is 0.122 e. The minimum atomic E-state index is 0.288. The summed E-state index contributed by atoms with van der Waals surface area (Å²) in [5.41, 5.74) is 4.07. The van der Waals surface area contributed by atoms with Gasteiger partial charge in [0, 0.05) is 45.1 Å². The number of methoxy groups -OCH3 is 1. The van der Waals surface area contributed by atoms with Gasteiger partial charge in [-0.05, 0) is 54.8 Å². The molecule has 28 heavy (non-hydrogen) atoms. The SMILES string of the molecule is COC1CN(C2CCN(Cc3ccc4c(c3)CCO4)CC2)C1c1cccnc1. The lowest BCUT2D eigenvalue weighted by atomic mass is 9.87. The predicted octanol–water partition coefficient (Wildman–Crippen LogP) is 3.05. The van der Waals surface area contributed by atoms with E-state index < -0.39 is 0 Å². The van der Waals surface area contributed by atoms with Gasteiger partial charge < -0.3 is 9.47 Å². The van der Waals surface area contributed by atoms with Crippen molar-refractivity contribution in [3.8, 4) is 5.75 Å². The lowest BCUT2D eigenvalue weighted by molar-refractivity contribution is -0.117. The second-order valence-corrected chi connectivity index (χ2v) is 8.25. The molecular formula is C23H29N3O2. The highest BCUT2D eigenvalue weighted by atomic mass is 16.5. The highest BCUT2D eigenvalue weighted by molar-refractivity contribution is 5.39. The van der Waals surface area contributed by atoms with Crippen molar-refractivity contribution in [2.45, 2.75) is 44.0 Å². The summed E-state index contributed by atoms with van der Waals surface area (Å²) < 4.78 is 11.4. The van der Waals surface area contributed by atoms with Crippen molar-refractivity contribution < 1.29 is 9.47 Å². The van der Waals surface area contributed by atoms with Crippen LogP contribution in [0.1, 0.15) is 35.6 Å². The fraction of sp³-hybridized carbons (Fsp3) is 0.522. The molecule has 0 radical (unpaired) electrons. The van der Waals surface area contributed by atoms with Crippen LogP contribution in [0.5, 0.6) is 5.75 Å². The zero-order chi connectivity index (χ0) is 18.9. The normalized spacial score (nSPS) is 25.9. The molecule has 2 aromatic rings. The van der Waals surface area contributed by atoms with Gasteiger partial charge in [-0.1, -0.05) is 18.2 Å². The molecule has 0 aliphatic carbocycles. The predicted molar refractivity (Wildman–Crippen MR) is 108 cm³/mol. The van der Waals surface area contributed by atoms with E-state index >= 15 is 0 Å². The first-order valence-corrected chi connectivity index (χ1v) is 10.5. The number of pyridine rings is 1. The quantitative estimate of drug-likeness (QED) is 0.798. The molecule has 4 heterocycles. The van der Waals surface area contributed by atoms with Crippen LogP contribution >= 0.6 is 0 Å². The molecule has 0 bridgehead atoms. The average Bonchev–Trinajstić information content (AvgIpc) is 3.18. The minimum Gasteiger partial charge on any atom is -0.493 e.